The van der Waals surface area contributed by atoms with E-state index in [9.17, 15) is 20.2 Å². The maximum Gasteiger partial charge on any atom is 0.269 e. The van der Waals surface area contributed by atoms with Gasteiger partial charge in [0, 0.05) is 53.0 Å². The van der Waals surface area contributed by atoms with Crippen LogP contribution in [-0.2, 0) is 10.8 Å². The lowest BCUT2D eigenvalue weighted by molar-refractivity contribution is -0.385. The molecule has 2 aromatic rings. The van der Waals surface area contributed by atoms with E-state index in [4.69, 9.17) is 0 Å². The number of nitro groups is 2. The minimum Gasteiger partial charge on any atom is -0.344 e. The maximum absolute atomic E-state index is 11.8. The zero-order chi connectivity index (χ0) is 30.8. The molecular weight excluding hydrogens is 538 g/mol. The van der Waals surface area contributed by atoms with Gasteiger partial charge in [-0.2, -0.15) is 0 Å². The van der Waals surface area contributed by atoms with Gasteiger partial charge in [-0.05, 0) is 79.4 Å². The molecule has 0 radical (unpaired) electrons. The van der Waals surface area contributed by atoms with Gasteiger partial charge in [0.05, 0.1) is 9.85 Å². The number of anilines is 1. The molecule has 0 saturated heterocycles. The highest BCUT2D eigenvalue weighted by Gasteiger charge is 2.48. The third-order valence-corrected chi connectivity index (χ3v) is 10.2. The van der Waals surface area contributed by atoms with Gasteiger partial charge in [-0.3, -0.25) is 20.2 Å². The van der Waals surface area contributed by atoms with Crippen molar-refractivity contribution in [3.05, 3.63) is 109 Å². The molecule has 0 N–H and O–H groups in total. The zero-order valence-electron chi connectivity index (χ0n) is 25.9. The Balaban J connectivity index is 1.57. The van der Waals surface area contributed by atoms with Crippen LogP contribution in [0.3, 0.4) is 0 Å². The smallest absolute Gasteiger partial charge is 0.269 e. The van der Waals surface area contributed by atoms with Gasteiger partial charge in [0.25, 0.3) is 11.4 Å². The first-order valence-corrected chi connectivity index (χ1v) is 16.0. The molecule has 0 bridgehead atoms. The Morgan fingerprint density at radius 2 is 1.49 bits per heavy atom. The fourth-order valence-electron chi connectivity index (χ4n) is 7.91. The number of benzene rings is 2. The number of nitro benzene ring substituents is 2. The highest BCUT2D eigenvalue weighted by atomic mass is 16.6. The highest BCUT2D eigenvalue weighted by molar-refractivity contribution is 5.73. The molecule has 1 heterocycles. The molecule has 2 fully saturated rings. The van der Waals surface area contributed by atoms with Gasteiger partial charge in [0.15, 0.2) is 0 Å². The first-order valence-electron chi connectivity index (χ1n) is 16.0. The van der Waals surface area contributed by atoms with E-state index in [1.165, 1.54) is 12.1 Å². The second-order valence-corrected chi connectivity index (χ2v) is 13.3. The van der Waals surface area contributed by atoms with Gasteiger partial charge in [0.1, 0.15) is 0 Å². The number of non-ortho nitro benzene ring substituents is 2. The van der Waals surface area contributed by atoms with Crippen molar-refractivity contribution in [3.63, 3.8) is 0 Å². The lowest BCUT2D eigenvalue weighted by Gasteiger charge is -2.40. The van der Waals surface area contributed by atoms with Gasteiger partial charge >= 0.3 is 0 Å². The van der Waals surface area contributed by atoms with Crippen molar-refractivity contribution in [3.8, 4) is 0 Å². The SMILES string of the molecule is C=C(/C=C/C=C1/N(CCC(C)C)c2ccc([N+](=O)[O-])cc2C12CCCCC2)C1(c2cc([N+](=O)[O-])ccc2C)CCCCC1. The molecule has 7 heteroatoms. The molecule has 1 spiro atoms. The van der Waals surface area contributed by atoms with Crippen LogP contribution in [0, 0.1) is 33.1 Å². The molecule has 2 saturated carbocycles. The molecule has 2 aromatic carbocycles. The fraction of sp³-hybridized carbons (Fsp3) is 0.500. The van der Waals surface area contributed by atoms with Crippen LogP contribution in [0.15, 0.2) is 72.5 Å². The summed E-state index contributed by atoms with van der Waals surface area (Å²) in [6, 6.07) is 10.7. The normalized spacial score (nSPS) is 20.2. The van der Waals surface area contributed by atoms with E-state index < -0.39 is 0 Å². The van der Waals surface area contributed by atoms with Crippen molar-refractivity contribution in [1.29, 1.82) is 0 Å². The quantitative estimate of drug-likeness (QED) is 0.166. The summed E-state index contributed by atoms with van der Waals surface area (Å²) in [5.74, 6) is 0.533. The predicted octanol–water partition coefficient (Wildman–Crippen LogP) is 9.78. The van der Waals surface area contributed by atoms with Crippen molar-refractivity contribution in [2.45, 2.75) is 102 Å². The van der Waals surface area contributed by atoms with Crippen molar-refractivity contribution < 1.29 is 9.85 Å². The van der Waals surface area contributed by atoms with Crippen LogP contribution >= 0.6 is 0 Å². The van der Waals surface area contributed by atoms with Gasteiger partial charge < -0.3 is 4.90 Å². The second-order valence-electron chi connectivity index (χ2n) is 13.3. The lowest BCUT2D eigenvalue weighted by atomic mass is 9.64. The third kappa shape index (κ3) is 5.78. The molecule has 3 aliphatic rings. The van der Waals surface area contributed by atoms with Gasteiger partial charge in [-0.15, -0.1) is 0 Å². The molecule has 0 aromatic heterocycles. The summed E-state index contributed by atoms with van der Waals surface area (Å²) in [7, 11) is 0. The molecule has 7 nitrogen and oxygen atoms in total. The van der Waals surface area contributed by atoms with Gasteiger partial charge in [-0.1, -0.05) is 77.2 Å². The number of fused-ring (bicyclic) bond motifs is 2. The van der Waals surface area contributed by atoms with Crippen LogP contribution < -0.4 is 4.90 Å². The molecule has 5 rings (SSSR count). The Kier molecular flexibility index (Phi) is 8.91. The summed E-state index contributed by atoms with van der Waals surface area (Å²) in [6.07, 6.45) is 18.0. The van der Waals surface area contributed by atoms with Crippen molar-refractivity contribution in [1.82, 2.24) is 0 Å². The zero-order valence-corrected chi connectivity index (χ0v) is 25.9. The molecule has 228 valence electrons. The van der Waals surface area contributed by atoms with E-state index in [-0.39, 0.29) is 32.1 Å². The van der Waals surface area contributed by atoms with E-state index in [2.05, 4.69) is 43.6 Å². The van der Waals surface area contributed by atoms with E-state index >= 15 is 0 Å². The number of allylic oxidation sites excluding steroid dienone is 5. The first-order chi connectivity index (χ1) is 20.6. The number of rotatable bonds is 9. The Bertz CT molecular complexity index is 1460. The minimum absolute atomic E-state index is 0.127. The van der Waals surface area contributed by atoms with Crippen LogP contribution in [0.2, 0.25) is 0 Å². The Labute approximate surface area is 255 Å². The topological polar surface area (TPSA) is 89.5 Å². The van der Waals surface area contributed by atoms with E-state index in [1.807, 2.05) is 25.1 Å². The summed E-state index contributed by atoms with van der Waals surface area (Å²) in [5.41, 5.74) is 6.22. The Morgan fingerprint density at radius 3 is 2.09 bits per heavy atom. The average Bonchev–Trinajstić information content (AvgIpc) is 3.23. The minimum atomic E-state index is -0.331. The summed E-state index contributed by atoms with van der Waals surface area (Å²) >= 11 is 0. The van der Waals surface area contributed by atoms with Gasteiger partial charge in [-0.25, -0.2) is 0 Å². The van der Waals surface area contributed by atoms with Crippen molar-refractivity contribution in [2.75, 3.05) is 11.4 Å². The molecule has 0 unspecified atom stereocenters. The number of nitrogens with zero attached hydrogens (tertiary/aromatic N) is 3. The van der Waals surface area contributed by atoms with Crippen molar-refractivity contribution in [2.24, 2.45) is 5.92 Å². The number of aryl methyl sites for hydroxylation is 1. The number of hydrogen-bond donors (Lipinski definition) is 0. The second kappa shape index (κ2) is 12.5. The maximum atomic E-state index is 11.8. The van der Waals surface area contributed by atoms with Crippen LogP contribution in [0.4, 0.5) is 17.1 Å². The molecular formula is C36H45N3O4. The number of hydrogen-bond acceptors (Lipinski definition) is 5. The van der Waals surface area contributed by atoms with Crippen molar-refractivity contribution >= 4 is 17.1 Å². The Morgan fingerprint density at radius 1 is 0.907 bits per heavy atom. The first kappa shape index (κ1) is 30.7. The standard InChI is InChI=1S/C36H45N3O4/c1-26(2)18-23-37-33-17-16-30(39(42)43)25-32(33)36(21-9-6-10-22-36)34(37)13-11-12-28(4)35(19-7-5-8-20-35)31-24-29(38(40)41)15-14-27(31)3/h11-17,24-26H,4-10,18-23H2,1-3H3/b12-11+,34-13+. The van der Waals surface area contributed by atoms with E-state index in [1.54, 1.807) is 18.2 Å². The third-order valence-electron chi connectivity index (χ3n) is 10.2. The molecule has 0 amide bonds. The molecule has 0 atom stereocenters. The summed E-state index contributed by atoms with van der Waals surface area (Å²) in [5, 5.41) is 23.5. The average molecular weight is 584 g/mol. The van der Waals surface area contributed by atoms with Gasteiger partial charge in [0.2, 0.25) is 0 Å². The largest absolute Gasteiger partial charge is 0.344 e. The fourth-order valence-corrected chi connectivity index (χ4v) is 7.91. The predicted molar refractivity (Wildman–Crippen MR) is 174 cm³/mol. The summed E-state index contributed by atoms with van der Waals surface area (Å²) in [4.78, 5) is 25.3. The monoisotopic (exact) mass is 583 g/mol. The Hall–Kier alpha value is -3.74. The van der Waals surface area contributed by atoms with Crippen LogP contribution in [-0.4, -0.2) is 16.4 Å². The molecule has 2 aliphatic carbocycles. The van der Waals surface area contributed by atoms with E-state index in [0.717, 1.165) is 98.7 Å². The molecule has 1 aliphatic heterocycles. The summed E-state index contributed by atoms with van der Waals surface area (Å²) in [6.45, 7) is 12.0. The molecule has 43 heavy (non-hydrogen) atoms. The van der Waals surface area contributed by atoms with Crippen LogP contribution in [0.5, 0.6) is 0 Å². The highest BCUT2D eigenvalue weighted by Crippen LogP contribution is 2.56. The summed E-state index contributed by atoms with van der Waals surface area (Å²) < 4.78 is 0. The van der Waals surface area contributed by atoms with E-state index in [0.29, 0.717) is 5.92 Å². The lowest BCUT2D eigenvalue weighted by Crippen LogP contribution is -2.34. The van der Waals surface area contributed by atoms with Crippen LogP contribution in [0.1, 0.15) is 101 Å². The van der Waals surface area contributed by atoms with Crippen LogP contribution in [0.25, 0.3) is 0 Å².